The third-order valence-electron chi connectivity index (χ3n) is 4.65. The van der Waals surface area contributed by atoms with Crippen LogP contribution >= 0.6 is 11.8 Å². The Balaban J connectivity index is 1.95. The average molecular weight is 401 g/mol. The van der Waals surface area contributed by atoms with Gasteiger partial charge in [-0.05, 0) is 43.9 Å². The number of ether oxygens (including phenoxy) is 1. The van der Waals surface area contributed by atoms with Crippen molar-refractivity contribution in [3.8, 4) is 0 Å². The van der Waals surface area contributed by atoms with Gasteiger partial charge in [-0.3, -0.25) is 4.79 Å². The highest BCUT2D eigenvalue weighted by atomic mass is 32.2. The van der Waals surface area contributed by atoms with Gasteiger partial charge in [-0.25, -0.2) is 4.79 Å². The number of thioether (sulfide) groups is 1. The molecule has 0 bridgehead atoms. The van der Waals surface area contributed by atoms with Crippen molar-refractivity contribution in [3.05, 3.63) is 59.7 Å². The molecule has 0 spiro atoms. The molecule has 0 unspecified atom stereocenters. The molecule has 0 fully saturated rings. The minimum Gasteiger partial charge on any atom is -0.465 e. The van der Waals surface area contributed by atoms with Crippen molar-refractivity contribution in [2.75, 3.05) is 39.2 Å². The molecule has 0 saturated carbocycles. The first-order valence-corrected chi connectivity index (χ1v) is 9.88. The van der Waals surface area contributed by atoms with Gasteiger partial charge in [-0.1, -0.05) is 24.3 Å². The minimum atomic E-state index is -1.19. The lowest BCUT2D eigenvalue weighted by Crippen LogP contribution is -2.43. The maximum absolute atomic E-state index is 13.1. The highest BCUT2D eigenvalue weighted by molar-refractivity contribution is 7.99. The van der Waals surface area contributed by atoms with E-state index in [0.717, 1.165) is 16.1 Å². The predicted molar refractivity (Wildman–Crippen MR) is 110 cm³/mol. The first kappa shape index (κ1) is 20.4. The summed E-state index contributed by atoms with van der Waals surface area (Å²) in [5.41, 5.74) is 2.02. The fourth-order valence-corrected chi connectivity index (χ4v) is 4.36. The third kappa shape index (κ3) is 4.22. The quantitative estimate of drug-likeness (QED) is 0.778. The number of methoxy groups -OCH3 is 1. The molecular weight excluding hydrogens is 376 g/mol. The summed E-state index contributed by atoms with van der Waals surface area (Å²) in [5, 5.41) is 10.4. The number of aliphatic hydroxyl groups excluding tert-OH is 1. The minimum absolute atomic E-state index is 0.318. The molecule has 7 heteroatoms. The zero-order chi connectivity index (χ0) is 20.3. The fraction of sp³-hybridized carbons (Fsp3) is 0.333. The number of hydrogen-bond donors (Lipinski definition) is 1. The average Bonchev–Trinajstić information content (AvgIpc) is 2.81. The van der Waals surface area contributed by atoms with E-state index in [2.05, 4.69) is 0 Å². The Hall–Kier alpha value is -2.35. The number of amides is 1. The Bertz CT molecular complexity index is 854. The van der Waals surface area contributed by atoms with Crippen LogP contribution in [-0.2, 0) is 9.53 Å². The van der Waals surface area contributed by atoms with E-state index in [1.54, 1.807) is 29.2 Å². The number of fused-ring (bicyclic) bond motifs is 1. The van der Waals surface area contributed by atoms with Gasteiger partial charge in [0.2, 0.25) is 0 Å². The number of esters is 1. The lowest BCUT2D eigenvalue weighted by atomic mass is 10.0. The molecule has 2 aromatic carbocycles. The SMILES string of the molecule is COC(=O)c1ccc([C@@H]2Sc3ccccc3N(CCN(C)C)C(=O)[C@@H]2O)cc1. The first-order chi connectivity index (χ1) is 13.4. The Morgan fingerprint density at radius 3 is 2.50 bits per heavy atom. The van der Waals surface area contributed by atoms with Gasteiger partial charge in [-0.15, -0.1) is 11.8 Å². The molecule has 2 atom stereocenters. The molecule has 1 N–H and O–H groups in total. The molecule has 0 aliphatic carbocycles. The van der Waals surface area contributed by atoms with Crippen molar-refractivity contribution in [2.45, 2.75) is 16.2 Å². The lowest BCUT2D eigenvalue weighted by molar-refractivity contribution is -0.126. The number of aliphatic hydroxyl groups is 1. The number of likely N-dealkylation sites (N-methyl/N-ethyl adjacent to an activating group) is 1. The Morgan fingerprint density at radius 2 is 1.86 bits per heavy atom. The number of hydrogen-bond acceptors (Lipinski definition) is 6. The molecule has 1 aliphatic rings. The zero-order valence-electron chi connectivity index (χ0n) is 16.2. The molecule has 6 nitrogen and oxygen atoms in total. The van der Waals surface area contributed by atoms with Crippen molar-refractivity contribution < 1.29 is 19.4 Å². The molecular formula is C21H24N2O4S. The highest BCUT2D eigenvalue weighted by Gasteiger charge is 2.37. The summed E-state index contributed by atoms with van der Waals surface area (Å²) >= 11 is 1.46. The summed E-state index contributed by atoms with van der Waals surface area (Å²) in [7, 11) is 5.23. The van der Waals surface area contributed by atoms with Crippen molar-refractivity contribution >= 4 is 29.3 Å². The predicted octanol–water partition coefficient (Wildman–Crippen LogP) is 2.58. The van der Waals surface area contributed by atoms with Crippen LogP contribution in [0.1, 0.15) is 21.2 Å². The van der Waals surface area contributed by atoms with Crippen LogP contribution in [0, 0.1) is 0 Å². The number of carbonyl (C=O) groups excluding carboxylic acids is 2. The van der Waals surface area contributed by atoms with Crippen molar-refractivity contribution in [1.82, 2.24) is 4.90 Å². The highest BCUT2D eigenvalue weighted by Crippen LogP contribution is 2.45. The van der Waals surface area contributed by atoms with E-state index < -0.39 is 17.3 Å². The van der Waals surface area contributed by atoms with E-state index in [9.17, 15) is 14.7 Å². The lowest BCUT2D eigenvalue weighted by Gasteiger charge is -2.26. The molecule has 0 radical (unpaired) electrons. The first-order valence-electron chi connectivity index (χ1n) is 9.00. The van der Waals surface area contributed by atoms with Crippen LogP contribution in [0.15, 0.2) is 53.4 Å². The number of anilines is 1. The molecule has 1 amide bonds. The number of nitrogens with zero attached hydrogens (tertiary/aromatic N) is 2. The van der Waals surface area contributed by atoms with Crippen LogP contribution in [-0.4, -0.2) is 62.3 Å². The number of benzene rings is 2. The maximum Gasteiger partial charge on any atom is 0.337 e. The van der Waals surface area contributed by atoms with Gasteiger partial charge in [0, 0.05) is 18.0 Å². The monoisotopic (exact) mass is 400 g/mol. The largest absolute Gasteiger partial charge is 0.465 e. The summed E-state index contributed by atoms with van der Waals surface area (Å²) < 4.78 is 4.73. The van der Waals surface area contributed by atoms with Crippen molar-refractivity contribution in [3.63, 3.8) is 0 Å². The van der Waals surface area contributed by atoms with Gasteiger partial charge in [0.1, 0.15) is 6.10 Å². The molecule has 2 aromatic rings. The van der Waals surface area contributed by atoms with Gasteiger partial charge in [0.05, 0.1) is 23.6 Å². The van der Waals surface area contributed by atoms with Crippen LogP contribution in [0.25, 0.3) is 0 Å². The molecule has 1 heterocycles. The summed E-state index contributed by atoms with van der Waals surface area (Å²) in [4.78, 5) is 29.4. The van der Waals surface area contributed by atoms with Crippen LogP contribution < -0.4 is 4.90 Å². The van der Waals surface area contributed by atoms with E-state index in [1.165, 1.54) is 18.9 Å². The van der Waals surface area contributed by atoms with Crippen molar-refractivity contribution in [1.29, 1.82) is 0 Å². The molecule has 1 aliphatic heterocycles. The van der Waals surface area contributed by atoms with Crippen LogP contribution in [0.3, 0.4) is 0 Å². The summed E-state index contributed by atoms with van der Waals surface area (Å²) in [6.07, 6.45) is -1.19. The van der Waals surface area contributed by atoms with E-state index in [4.69, 9.17) is 4.74 Å². The van der Waals surface area contributed by atoms with E-state index in [-0.39, 0.29) is 5.91 Å². The van der Waals surface area contributed by atoms with E-state index >= 15 is 0 Å². The van der Waals surface area contributed by atoms with Crippen LogP contribution in [0.2, 0.25) is 0 Å². The number of carbonyl (C=O) groups is 2. The normalized spacial score (nSPS) is 19.3. The smallest absolute Gasteiger partial charge is 0.337 e. The molecule has 148 valence electrons. The van der Waals surface area contributed by atoms with Crippen LogP contribution in [0.5, 0.6) is 0 Å². The van der Waals surface area contributed by atoms with Gasteiger partial charge in [0.25, 0.3) is 5.91 Å². The summed E-state index contributed by atoms with van der Waals surface area (Å²) in [5.74, 6) is -0.738. The molecule has 0 saturated heterocycles. The van der Waals surface area contributed by atoms with Gasteiger partial charge in [-0.2, -0.15) is 0 Å². The Kier molecular flexibility index (Phi) is 6.39. The maximum atomic E-state index is 13.1. The second-order valence-corrected chi connectivity index (χ2v) is 8.04. The topological polar surface area (TPSA) is 70.1 Å². The summed E-state index contributed by atoms with van der Waals surface area (Å²) in [6.45, 7) is 1.18. The van der Waals surface area contributed by atoms with Crippen molar-refractivity contribution in [2.24, 2.45) is 0 Å². The van der Waals surface area contributed by atoms with E-state index in [0.29, 0.717) is 18.7 Å². The Labute approximate surface area is 169 Å². The third-order valence-corrected chi connectivity index (χ3v) is 6.03. The molecule has 28 heavy (non-hydrogen) atoms. The van der Waals surface area contributed by atoms with Gasteiger partial charge in [0.15, 0.2) is 0 Å². The van der Waals surface area contributed by atoms with Gasteiger partial charge < -0.3 is 19.6 Å². The standard InChI is InChI=1S/C21H24N2O4S/c1-22(2)12-13-23-16-6-4-5-7-17(16)28-19(18(24)20(23)25)14-8-10-15(11-9-14)21(26)27-3/h4-11,18-19,24H,12-13H2,1-3H3/t18-,19+/m1/s1. The second-order valence-electron chi connectivity index (χ2n) is 6.86. The van der Waals surface area contributed by atoms with E-state index in [1.807, 2.05) is 43.3 Å². The fourth-order valence-electron chi connectivity index (χ4n) is 3.10. The Morgan fingerprint density at radius 1 is 1.18 bits per heavy atom. The van der Waals surface area contributed by atoms with Crippen LogP contribution in [0.4, 0.5) is 5.69 Å². The summed E-state index contributed by atoms with van der Waals surface area (Å²) in [6, 6.07) is 14.5. The zero-order valence-corrected chi connectivity index (χ0v) is 17.0. The molecule has 0 aromatic heterocycles. The molecule has 3 rings (SSSR count). The number of rotatable bonds is 5. The second kappa shape index (κ2) is 8.77. The number of para-hydroxylation sites is 1. The van der Waals surface area contributed by atoms with Gasteiger partial charge >= 0.3 is 5.97 Å².